The summed E-state index contributed by atoms with van der Waals surface area (Å²) in [6, 6.07) is 2.25. The van der Waals surface area contributed by atoms with Crippen molar-refractivity contribution in [2.45, 2.75) is 103 Å². The first-order chi connectivity index (χ1) is 15.3. The Morgan fingerprint density at radius 3 is 2.12 bits per heavy atom. The van der Waals surface area contributed by atoms with Gasteiger partial charge in [-0.3, -0.25) is 9.59 Å². The third kappa shape index (κ3) is 6.50. The number of aliphatic carboxylic acids is 2. The van der Waals surface area contributed by atoms with E-state index in [1.165, 1.54) is 38.2 Å². The normalized spacial score (nSPS) is 17.9. The van der Waals surface area contributed by atoms with Gasteiger partial charge in [-0.1, -0.05) is 76.8 Å². The van der Waals surface area contributed by atoms with Crippen LogP contribution in [-0.2, 0) is 22.6 Å². The van der Waals surface area contributed by atoms with Crippen LogP contribution in [0, 0.1) is 17.0 Å². The second-order valence-corrected chi connectivity index (χ2v) is 9.00. The van der Waals surface area contributed by atoms with E-state index in [1.54, 1.807) is 6.07 Å². The van der Waals surface area contributed by atoms with Crippen LogP contribution in [0.15, 0.2) is 12.1 Å². The Balaban J connectivity index is 1.91. The summed E-state index contributed by atoms with van der Waals surface area (Å²) >= 11 is 0. The average Bonchev–Trinajstić information content (AvgIpc) is 2.77. The Hall–Kier alpha value is -2.02. The van der Waals surface area contributed by atoms with Gasteiger partial charge < -0.3 is 15.5 Å². The maximum absolute atomic E-state index is 14.6. The number of halogens is 2. The minimum Gasteiger partial charge on any atom is -0.480 e. The molecule has 0 amide bonds. The molecule has 2 rings (SSSR count). The molecule has 7 heteroatoms. The van der Waals surface area contributed by atoms with E-state index in [1.807, 2.05) is 0 Å². The minimum absolute atomic E-state index is 0.0176. The number of benzene rings is 1. The van der Waals surface area contributed by atoms with Gasteiger partial charge in [-0.25, -0.2) is 8.78 Å². The molecule has 0 radical (unpaired) electrons. The van der Waals surface area contributed by atoms with E-state index in [4.69, 9.17) is 0 Å². The molecular weight excluding hydrogens is 416 g/mol. The Morgan fingerprint density at radius 2 is 1.50 bits per heavy atom. The molecule has 1 saturated carbocycles. The summed E-state index contributed by atoms with van der Waals surface area (Å²) in [6.45, 7) is 2.07. The zero-order valence-electron chi connectivity index (χ0n) is 19.1. The third-order valence-electron chi connectivity index (χ3n) is 6.75. The van der Waals surface area contributed by atoms with Crippen molar-refractivity contribution in [3.05, 3.63) is 34.9 Å². The maximum atomic E-state index is 14.6. The Bertz CT molecular complexity index is 755. The summed E-state index contributed by atoms with van der Waals surface area (Å²) in [5.74, 6) is -4.59. The zero-order chi connectivity index (χ0) is 23.6. The number of unbranched alkanes of at least 4 members (excludes halogenated alkanes) is 7. The first-order valence-electron chi connectivity index (χ1n) is 12.0. The van der Waals surface area contributed by atoms with Gasteiger partial charge in [0.15, 0.2) is 17.0 Å². The van der Waals surface area contributed by atoms with Crippen LogP contribution in [0.2, 0.25) is 0 Å². The Morgan fingerprint density at radius 1 is 0.938 bits per heavy atom. The van der Waals surface area contributed by atoms with E-state index in [0.29, 0.717) is 31.2 Å². The van der Waals surface area contributed by atoms with Crippen LogP contribution in [0.5, 0.6) is 0 Å². The fraction of sp³-hybridized carbons (Fsp3) is 0.680. The fourth-order valence-corrected chi connectivity index (χ4v) is 4.69. The molecule has 1 aliphatic carbocycles. The van der Waals surface area contributed by atoms with Gasteiger partial charge in [0.05, 0.1) is 0 Å². The number of hydrogen-bond acceptors (Lipinski definition) is 3. The number of carboxylic acids is 2. The standard InChI is InChI=1S/C25H37F2NO4/c1-2-3-4-5-6-7-8-9-12-18-14-15-19(22(27)21(18)26)17-28-20-13-10-11-16-25(20,23(29)30)24(31)32/h14-15,20,28H,2-13,16-17H2,1H3,(H,29,30)(H,31,32). The second kappa shape index (κ2) is 12.9. The number of aryl methyl sites for hydroxylation is 1. The molecule has 5 nitrogen and oxygen atoms in total. The highest BCUT2D eigenvalue weighted by Crippen LogP contribution is 2.37. The summed E-state index contributed by atoms with van der Waals surface area (Å²) in [6.07, 6.45) is 11.1. The van der Waals surface area contributed by atoms with Crippen LogP contribution in [0.3, 0.4) is 0 Å². The van der Waals surface area contributed by atoms with Gasteiger partial charge in [0.25, 0.3) is 0 Å². The molecular formula is C25H37F2NO4. The van der Waals surface area contributed by atoms with Gasteiger partial charge in [0.1, 0.15) is 0 Å². The molecule has 0 spiro atoms. The van der Waals surface area contributed by atoms with Crippen molar-refractivity contribution in [2.75, 3.05) is 0 Å². The molecule has 1 fully saturated rings. The molecule has 1 unspecified atom stereocenters. The van der Waals surface area contributed by atoms with Crippen LogP contribution < -0.4 is 5.32 Å². The number of carbonyl (C=O) groups is 2. The number of nitrogens with one attached hydrogen (secondary N) is 1. The van der Waals surface area contributed by atoms with Gasteiger partial charge in [-0.05, 0) is 31.2 Å². The molecule has 3 N–H and O–H groups in total. The highest BCUT2D eigenvalue weighted by Gasteiger charge is 2.53. The van der Waals surface area contributed by atoms with Crippen molar-refractivity contribution in [1.82, 2.24) is 5.32 Å². The number of carboxylic acid groups (broad SMARTS) is 2. The molecule has 0 saturated heterocycles. The molecule has 1 aromatic rings. The van der Waals surface area contributed by atoms with E-state index < -0.39 is 35.0 Å². The highest BCUT2D eigenvalue weighted by atomic mass is 19.2. The SMILES string of the molecule is CCCCCCCCCCc1ccc(CNC2CCCCC2(C(=O)O)C(=O)O)c(F)c1F. The van der Waals surface area contributed by atoms with Crippen LogP contribution >= 0.6 is 0 Å². The first kappa shape index (κ1) is 26.2. The average molecular weight is 454 g/mol. The van der Waals surface area contributed by atoms with Crippen molar-refractivity contribution in [3.8, 4) is 0 Å². The Labute approximate surface area is 189 Å². The van der Waals surface area contributed by atoms with E-state index in [2.05, 4.69) is 12.2 Å². The number of hydrogen-bond donors (Lipinski definition) is 3. The maximum Gasteiger partial charge on any atom is 0.322 e. The molecule has 0 bridgehead atoms. The van der Waals surface area contributed by atoms with Crippen molar-refractivity contribution in [1.29, 1.82) is 0 Å². The van der Waals surface area contributed by atoms with E-state index in [-0.39, 0.29) is 18.5 Å². The topological polar surface area (TPSA) is 86.6 Å². The monoisotopic (exact) mass is 453 g/mol. The lowest BCUT2D eigenvalue weighted by molar-refractivity contribution is -0.169. The van der Waals surface area contributed by atoms with Crippen molar-refractivity contribution in [2.24, 2.45) is 5.41 Å². The van der Waals surface area contributed by atoms with Gasteiger partial charge in [-0.2, -0.15) is 0 Å². The van der Waals surface area contributed by atoms with Crippen molar-refractivity contribution >= 4 is 11.9 Å². The summed E-state index contributed by atoms with van der Waals surface area (Å²) < 4.78 is 29.2. The van der Waals surface area contributed by atoms with Crippen molar-refractivity contribution < 1.29 is 28.6 Å². The van der Waals surface area contributed by atoms with Crippen molar-refractivity contribution in [3.63, 3.8) is 0 Å². The predicted octanol–water partition coefficient (Wildman–Crippen LogP) is 5.84. The lowest BCUT2D eigenvalue weighted by Gasteiger charge is -2.37. The molecule has 0 heterocycles. The van der Waals surface area contributed by atoms with Crippen LogP contribution in [0.1, 0.15) is 95.1 Å². The lowest BCUT2D eigenvalue weighted by Crippen LogP contribution is -2.56. The number of rotatable bonds is 14. The molecule has 1 aromatic carbocycles. The molecule has 1 atom stereocenters. The Kier molecular flexibility index (Phi) is 10.6. The minimum atomic E-state index is -1.94. The third-order valence-corrected chi connectivity index (χ3v) is 6.75. The summed E-state index contributed by atoms with van der Waals surface area (Å²) in [5, 5.41) is 22.1. The van der Waals surface area contributed by atoms with E-state index >= 15 is 0 Å². The molecule has 180 valence electrons. The zero-order valence-corrected chi connectivity index (χ0v) is 19.1. The van der Waals surface area contributed by atoms with Gasteiger partial charge in [0, 0.05) is 18.2 Å². The summed E-state index contributed by atoms with van der Waals surface area (Å²) in [5.41, 5.74) is -1.51. The quantitative estimate of drug-likeness (QED) is 0.243. The summed E-state index contributed by atoms with van der Waals surface area (Å²) in [4.78, 5) is 23.5. The van der Waals surface area contributed by atoms with Gasteiger partial charge in [0.2, 0.25) is 0 Å². The van der Waals surface area contributed by atoms with Gasteiger partial charge >= 0.3 is 11.9 Å². The predicted molar refractivity (Wildman–Crippen MR) is 119 cm³/mol. The largest absolute Gasteiger partial charge is 0.480 e. The first-order valence-corrected chi connectivity index (χ1v) is 12.0. The molecule has 32 heavy (non-hydrogen) atoms. The van der Waals surface area contributed by atoms with Gasteiger partial charge in [-0.15, -0.1) is 0 Å². The molecule has 1 aliphatic rings. The second-order valence-electron chi connectivity index (χ2n) is 9.00. The van der Waals surface area contributed by atoms with Crippen LogP contribution in [-0.4, -0.2) is 28.2 Å². The molecule has 0 aliphatic heterocycles. The summed E-state index contributed by atoms with van der Waals surface area (Å²) in [7, 11) is 0. The van der Waals surface area contributed by atoms with Crippen LogP contribution in [0.25, 0.3) is 0 Å². The highest BCUT2D eigenvalue weighted by molar-refractivity contribution is 5.99. The smallest absolute Gasteiger partial charge is 0.322 e. The van der Waals surface area contributed by atoms with E-state index in [9.17, 15) is 28.6 Å². The molecule has 0 aromatic heterocycles. The lowest BCUT2D eigenvalue weighted by atomic mass is 9.70. The van der Waals surface area contributed by atoms with Crippen LogP contribution in [0.4, 0.5) is 8.78 Å². The fourth-order valence-electron chi connectivity index (χ4n) is 4.69. The van der Waals surface area contributed by atoms with E-state index in [0.717, 1.165) is 19.3 Å².